The van der Waals surface area contributed by atoms with Crippen molar-refractivity contribution in [1.82, 2.24) is 0 Å². The van der Waals surface area contributed by atoms with Crippen LogP contribution in [0.5, 0.6) is 0 Å². The molecule has 0 aliphatic heterocycles. The molecule has 0 aromatic heterocycles. The molecule has 0 fully saturated rings. The Labute approximate surface area is 130 Å². The van der Waals surface area contributed by atoms with Crippen molar-refractivity contribution in [2.45, 2.75) is 40.7 Å². The molecule has 0 heterocycles. The topological polar surface area (TPSA) is 20.2 Å². The second-order valence-corrected chi connectivity index (χ2v) is 5.96. The molecular formula is C18H20ClFO. The lowest BCUT2D eigenvalue weighted by molar-refractivity contribution is 0.218. The molecule has 112 valence electrons. The van der Waals surface area contributed by atoms with Gasteiger partial charge in [0.25, 0.3) is 0 Å². The van der Waals surface area contributed by atoms with Gasteiger partial charge < -0.3 is 5.11 Å². The third-order valence-corrected chi connectivity index (χ3v) is 5.01. The molecule has 0 aliphatic carbocycles. The summed E-state index contributed by atoms with van der Waals surface area (Å²) < 4.78 is 13.6. The first-order valence-electron chi connectivity index (χ1n) is 6.96. The van der Waals surface area contributed by atoms with E-state index in [0.29, 0.717) is 5.56 Å². The van der Waals surface area contributed by atoms with Crippen LogP contribution in [0.15, 0.2) is 18.2 Å². The molecular weight excluding hydrogens is 287 g/mol. The monoisotopic (exact) mass is 306 g/mol. The summed E-state index contributed by atoms with van der Waals surface area (Å²) in [6.07, 6.45) is -0.925. The lowest BCUT2D eigenvalue weighted by atomic mass is 9.85. The van der Waals surface area contributed by atoms with Gasteiger partial charge in [0.05, 0.1) is 5.02 Å². The fourth-order valence-electron chi connectivity index (χ4n) is 2.83. The third kappa shape index (κ3) is 2.58. The van der Waals surface area contributed by atoms with E-state index in [2.05, 4.69) is 6.92 Å². The minimum absolute atomic E-state index is 0.0142. The maximum Gasteiger partial charge on any atom is 0.142 e. The maximum atomic E-state index is 13.6. The molecule has 1 atom stereocenters. The van der Waals surface area contributed by atoms with Gasteiger partial charge in [0.1, 0.15) is 11.9 Å². The normalized spacial score (nSPS) is 12.6. The summed E-state index contributed by atoms with van der Waals surface area (Å²) >= 11 is 6.02. The van der Waals surface area contributed by atoms with E-state index in [1.807, 2.05) is 27.7 Å². The van der Waals surface area contributed by atoms with Gasteiger partial charge in [-0.3, -0.25) is 0 Å². The smallest absolute Gasteiger partial charge is 0.142 e. The number of halogens is 2. The summed E-state index contributed by atoms with van der Waals surface area (Å²) in [5.41, 5.74) is 6.83. The highest BCUT2D eigenvalue weighted by atomic mass is 35.5. The standard InChI is InChI=1S/C18H20ClFO/c1-9-10(2)12(4)16(13(5)11(9)3)18(21)14-7-6-8-15(20)17(14)19/h6-8,18,21H,1-5H3. The molecule has 0 aliphatic rings. The highest BCUT2D eigenvalue weighted by molar-refractivity contribution is 6.31. The summed E-state index contributed by atoms with van der Waals surface area (Å²) in [6, 6.07) is 4.53. The number of aliphatic hydroxyl groups is 1. The third-order valence-electron chi connectivity index (χ3n) is 4.61. The van der Waals surface area contributed by atoms with Crippen molar-refractivity contribution in [3.63, 3.8) is 0 Å². The zero-order chi connectivity index (χ0) is 15.9. The van der Waals surface area contributed by atoms with Gasteiger partial charge in [-0.25, -0.2) is 4.39 Å². The lowest BCUT2D eigenvalue weighted by Crippen LogP contribution is -2.10. The molecule has 1 N–H and O–H groups in total. The molecule has 21 heavy (non-hydrogen) atoms. The first kappa shape index (κ1) is 16.0. The second kappa shape index (κ2) is 5.78. The first-order valence-corrected chi connectivity index (χ1v) is 7.34. The van der Waals surface area contributed by atoms with Gasteiger partial charge in [-0.05, 0) is 74.1 Å². The van der Waals surface area contributed by atoms with Crippen molar-refractivity contribution in [2.75, 3.05) is 0 Å². The van der Waals surface area contributed by atoms with Crippen LogP contribution < -0.4 is 0 Å². The van der Waals surface area contributed by atoms with E-state index in [0.717, 1.165) is 27.8 Å². The molecule has 0 saturated heterocycles. The maximum absolute atomic E-state index is 13.6. The number of hydrogen-bond donors (Lipinski definition) is 1. The van der Waals surface area contributed by atoms with E-state index in [-0.39, 0.29) is 5.02 Å². The van der Waals surface area contributed by atoms with Crippen LogP contribution in [0.2, 0.25) is 5.02 Å². The fourth-order valence-corrected chi connectivity index (χ4v) is 3.06. The summed E-state index contributed by atoms with van der Waals surface area (Å²) in [5.74, 6) is -0.510. The van der Waals surface area contributed by atoms with E-state index in [4.69, 9.17) is 11.6 Å². The Bertz CT molecular complexity index is 678. The van der Waals surface area contributed by atoms with Gasteiger partial charge in [0, 0.05) is 5.56 Å². The minimum Gasteiger partial charge on any atom is -0.384 e. The predicted molar refractivity (Wildman–Crippen MR) is 85.6 cm³/mol. The number of aliphatic hydroxyl groups excluding tert-OH is 1. The molecule has 0 radical (unpaired) electrons. The molecule has 2 rings (SSSR count). The van der Waals surface area contributed by atoms with Gasteiger partial charge in [0.15, 0.2) is 0 Å². The van der Waals surface area contributed by atoms with Gasteiger partial charge in [-0.15, -0.1) is 0 Å². The summed E-state index contributed by atoms with van der Waals surface area (Å²) in [7, 11) is 0. The van der Waals surface area contributed by atoms with Crippen molar-refractivity contribution in [2.24, 2.45) is 0 Å². The van der Waals surface area contributed by atoms with Crippen molar-refractivity contribution >= 4 is 11.6 Å². The first-order chi connectivity index (χ1) is 9.77. The van der Waals surface area contributed by atoms with Crippen molar-refractivity contribution < 1.29 is 9.50 Å². The molecule has 0 saturated carbocycles. The molecule has 3 heteroatoms. The average Bonchev–Trinajstić information content (AvgIpc) is 2.46. The van der Waals surface area contributed by atoms with Crippen LogP contribution in [-0.4, -0.2) is 5.11 Å². The summed E-state index contributed by atoms with van der Waals surface area (Å²) in [6.45, 7) is 10.1. The zero-order valence-corrected chi connectivity index (χ0v) is 13.8. The van der Waals surface area contributed by atoms with Crippen LogP contribution >= 0.6 is 11.6 Å². The van der Waals surface area contributed by atoms with Crippen molar-refractivity contribution in [3.05, 3.63) is 68.0 Å². The van der Waals surface area contributed by atoms with E-state index in [1.165, 1.54) is 11.6 Å². The van der Waals surface area contributed by atoms with E-state index in [9.17, 15) is 9.50 Å². The van der Waals surface area contributed by atoms with Gasteiger partial charge in [-0.2, -0.15) is 0 Å². The summed E-state index contributed by atoms with van der Waals surface area (Å²) in [4.78, 5) is 0. The Morgan fingerprint density at radius 2 is 1.38 bits per heavy atom. The van der Waals surface area contributed by atoms with Crippen LogP contribution in [-0.2, 0) is 0 Å². The van der Waals surface area contributed by atoms with E-state index >= 15 is 0 Å². The van der Waals surface area contributed by atoms with Crippen molar-refractivity contribution in [1.29, 1.82) is 0 Å². The Hall–Kier alpha value is -1.38. The SMILES string of the molecule is Cc1c(C)c(C)c(C(O)c2cccc(F)c2Cl)c(C)c1C. The lowest BCUT2D eigenvalue weighted by Gasteiger charge is -2.23. The molecule has 2 aromatic rings. The van der Waals surface area contributed by atoms with Crippen LogP contribution in [0.4, 0.5) is 4.39 Å². The van der Waals surface area contributed by atoms with Crippen LogP contribution in [0.25, 0.3) is 0 Å². The number of benzene rings is 2. The largest absolute Gasteiger partial charge is 0.384 e. The Balaban J connectivity index is 2.70. The summed E-state index contributed by atoms with van der Waals surface area (Å²) in [5, 5.41) is 10.7. The fraction of sp³-hybridized carbons (Fsp3) is 0.333. The van der Waals surface area contributed by atoms with Crippen LogP contribution in [0.3, 0.4) is 0 Å². The van der Waals surface area contributed by atoms with Crippen LogP contribution in [0, 0.1) is 40.4 Å². The molecule has 1 unspecified atom stereocenters. The number of rotatable bonds is 2. The average molecular weight is 307 g/mol. The van der Waals surface area contributed by atoms with Crippen molar-refractivity contribution in [3.8, 4) is 0 Å². The Morgan fingerprint density at radius 1 is 0.905 bits per heavy atom. The van der Waals surface area contributed by atoms with E-state index < -0.39 is 11.9 Å². The second-order valence-electron chi connectivity index (χ2n) is 5.58. The molecule has 1 nitrogen and oxygen atoms in total. The number of hydrogen-bond acceptors (Lipinski definition) is 1. The highest BCUT2D eigenvalue weighted by Gasteiger charge is 2.22. The van der Waals surface area contributed by atoms with Gasteiger partial charge in [-0.1, -0.05) is 23.7 Å². The molecule has 0 amide bonds. The van der Waals surface area contributed by atoms with Gasteiger partial charge in [0.2, 0.25) is 0 Å². The highest BCUT2D eigenvalue weighted by Crippen LogP contribution is 2.36. The van der Waals surface area contributed by atoms with Crippen LogP contribution in [0.1, 0.15) is 45.0 Å². The Morgan fingerprint density at radius 3 is 1.90 bits per heavy atom. The Kier molecular flexibility index (Phi) is 4.40. The molecule has 2 aromatic carbocycles. The van der Waals surface area contributed by atoms with E-state index in [1.54, 1.807) is 12.1 Å². The minimum atomic E-state index is -0.925. The predicted octanol–water partition coefficient (Wildman–Crippen LogP) is 5.10. The zero-order valence-electron chi connectivity index (χ0n) is 13.0. The molecule has 0 spiro atoms. The molecule has 0 bridgehead atoms. The quantitative estimate of drug-likeness (QED) is 0.818. The van der Waals surface area contributed by atoms with Gasteiger partial charge >= 0.3 is 0 Å².